The second-order valence-electron chi connectivity index (χ2n) is 4.51. The molecule has 2 aromatic rings. The van der Waals surface area contributed by atoms with E-state index in [9.17, 15) is 18.7 Å². The van der Waals surface area contributed by atoms with Crippen LogP contribution in [0.3, 0.4) is 0 Å². The SMILES string of the molecule is O=C(O)c1nn(-c2cc(Br)c(F)cc2F)c2c1COCC2. The van der Waals surface area contributed by atoms with Crippen LogP contribution in [0.15, 0.2) is 16.6 Å². The lowest BCUT2D eigenvalue weighted by molar-refractivity contribution is 0.0677. The number of nitrogens with zero attached hydrogens (tertiary/aromatic N) is 2. The first kappa shape index (κ1) is 14.2. The number of fused-ring (bicyclic) bond motifs is 1. The molecule has 1 N–H and O–H groups in total. The molecule has 1 aromatic carbocycles. The normalized spacial score (nSPS) is 14.0. The molecule has 21 heavy (non-hydrogen) atoms. The Morgan fingerprint density at radius 1 is 1.38 bits per heavy atom. The second kappa shape index (κ2) is 5.19. The van der Waals surface area contributed by atoms with E-state index in [0.717, 1.165) is 6.07 Å². The number of hydrogen-bond acceptors (Lipinski definition) is 3. The Balaban J connectivity index is 2.24. The van der Waals surface area contributed by atoms with Gasteiger partial charge in [0.2, 0.25) is 0 Å². The number of ether oxygens (including phenoxy) is 1. The van der Waals surface area contributed by atoms with Gasteiger partial charge in [0.15, 0.2) is 11.5 Å². The molecule has 2 heterocycles. The molecule has 0 amide bonds. The van der Waals surface area contributed by atoms with Gasteiger partial charge < -0.3 is 9.84 Å². The van der Waals surface area contributed by atoms with Crippen LogP contribution in [0, 0.1) is 11.6 Å². The van der Waals surface area contributed by atoms with Gasteiger partial charge in [-0.2, -0.15) is 5.10 Å². The van der Waals surface area contributed by atoms with Crippen LogP contribution in [0.5, 0.6) is 0 Å². The van der Waals surface area contributed by atoms with E-state index in [2.05, 4.69) is 21.0 Å². The highest BCUT2D eigenvalue weighted by Crippen LogP contribution is 2.28. The molecular weight excluding hydrogens is 350 g/mol. The summed E-state index contributed by atoms with van der Waals surface area (Å²) in [5.41, 5.74) is 0.808. The van der Waals surface area contributed by atoms with Crippen LogP contribution in [-0.2, 0) is 17.8 Å². The first-order chi connectivity index (χ1) is 9.99. The van der Waals surface area contributed by atoms with E-state index in [4.69, 9.17) is 4.74 Å². The summed E-state index contributed by atoms with van der Waals surface area (Å²) in [5, 5.41) is 13.1. The van der Waals surface area contributed by atoms with Crippen molar-refractivity contribution in [1.29, 1.82) is 0 Å². The number of benzene rings is 1. The van der Waals surface area contributed by atoms with Crippen LogP contribution >= 0.6 is 15.9 Å². The summed E-state index contributed by atoms with van der Waals surface area (Å²) in [6.07, 6.45) is 0.407. The standard InChI is InChI=1S/C13H9BrF2N2O3/c14-7-3-11(9(16)4-8(7)15)18-10-1-2-21-5-6(10)12(17-18)13(19)20/h3-4H,1-2,5H2,(H,19,20). The third-order valence-electron chi connectivity index (χ3n) is 3.24. The largest absolute Gasteiger partial charge is 0.476 e. The Hall–Kier alpha value is -1.80. The van der Waals surface area contributed by atoms with Crippen molar-refractivity contribution < 1.29 is 23.4 Å². The fourth-order valence-corrected chi connectivity index (χ4v) is 2.61. The topological polar surface area (TPSA) is 64.3 Å². The number of halogens is 3. The van der Waals surface area contributed by atoms with E-state index in [1.54, 1.807) is 0 Å². The Labute approximate surface area is 126 Å². The Morgan fingerprint density at radius 2 is 2.14 bits per heavy atom. The summed E-state index contributed by atoms with van der Waals surface area (Å²) >= 11 is 2.99. The number of rotatable bonds is 2. The molecule has 0 saturated heterocycles. The first-order valence-electron chi connectivity index (χ1n) is 6.05. The number of carboxylic acid groups (broad SMARTS) is 1. The predicted molar refractivity (Wildman–Crippen MR) is 71.5 cm³/mol. The van der Waals surface area contributed by atoms with Gasteiger partial charge in [-0.1, -0.05) is 0 Å². The number of carbonyl (C=O) groups is 1. The minimum Gasteiger partial charge on any atom is -0.476 e. The molecule has 0 atom stereocenters. The van der Waals surface area contributed by atoms with Crippen LogP contribution in [0.2, 0.25) is 0 Å². The third-order valence-corrected chi connectivity index (χ3v) is 3.85. The molecule has 0 saturated carbocycles. The fraction of sp³-hybridized carbons (Fsp3) is 0.231. The highest BCUT2D eigenvalue weighted by Gasteiger charge is 2.27. The van der Waals surface area contributed by atoms with Crippen molar-refractivity contribution >= 4 is 21.9 Å². The molecule has 5 nitrogen and oxygen atoms in total. The second-order valence-corrected chi connectivity index (χ2v) is 5.37. The molecule has 0 aliphatic carbocycles. The predicted octanol–water partition coefficient (Wildman–Crippen LogP) is 2.68. The summed E-state index contributed by atoms with van der Waals surface area (Å²) in [6, 6.07) is 1.96. The summed E-state index contributed by atoms with van der Waals surface area (Å²) in [5.74, 6) is -2.76. The minimum atomic E-state index is -1.21. The number of carboxylic acids is 1. The molecule has 0 unspecified atom stereocenters. The van der Waals surface area contributed by atoms with Gasteiger partial charge in [-0.3, -0.25) is 0 Å². The number of aromatic carboxylic acids is 1. The van der Waals surface area contributed by atoms with Crippen LogP contribution in [0.1, 0.15) is 21.7 Å². The monoisotopic (exact) mass is 358 g/mol. The molecule has 3 rings (SSSR count). The Morgan fingerprint density at radius 3 is 2.86 bits per heavy atom. The molecule has 110 valence electrons. The van der Waals surface area contributed by atoms with Crippen LogP contribution < -0.4 is 0 Å². The number of aromatic nitrogens is 2. The van der Waals surface area contributed by atoms with E-state index in [0.29, 0.717) is 24.3 Å². The Bertz CT molecular complexity index is 746. The van der Waals surface area contributed by atoms with Crippen LogP contribution in [-0.4, -0.2) is 27.5 Å². The van der Waals surface area contributed by atoms with Crippen molar-refractivity contribution in [3.8, 4) is 5.69 Å². The van der Waals surface area contributed by atoms with Gasteiger partial charge in [0, 0.05) is 18.1 Å². The lowest BCUT2D eigenvalue weighted by atomic mass is 10.1. The summed E-state index contributed by atoms with van der Waals surface area (Å²) < 4.78 is 33.8. The molecular formula is C13H9BrF2N2O3. The highest BCUT2D eigenvalue weighted by atomic mass is 79.9. The van der Waals surface area contributed by atoms with Crippen LogP contribution in [0.4, 0.5) is 8.78 Å². The molecule has 1 aliphatic heterocycles. The summed E-state index contributed by atoms with van der Waals surface area (Å²) in [7, 11) is 0. The maximum absolute atomic E-state index is 14.0. The molecule has 8 heteroatoms. The van der Waals surface area contributed by atoms with E-state index in [1.807, 2.05) is 0 Å². The van der Waals surface area contributed by atoms with E-state index in [1.165, 1.54) is 10.7 Å². The smallest absolute Gasteiger partial charge is 0.356 e. The van der Waals surface area contributed by atoms with E-state index in [-0.39, 0.29) is 22.5 Å². The lowest BCUT2D eigenvalue weighted by Gasteiger charge is -2.15. The van der Waals surface area contributed by atoms with Crippen LogP contribution in [0.25, 0.3) is 5.69 Å². The zero-order chi connectivity index (χ0) is 15.1. The number of hydrogen-bond donors (Lipinski definition) is 1. The van der Waals surface area contributed by atoms with Gasteiger partial charge >= 0.3 is 5.97 Å². The highest BCUT2D eigenvalue weighted by molar-refractivity contribution is 9.10. The van der Waals surface area contributed by atoms with Gasteiger partial charge in [-0.15, -0.1) is 0 Å². The minimum absolute atomic E-state index is 0.00562. The summed E-state index contributed by atoms with van der Waals surface area (Å²) in [6.45, 7) is 0.503. The molecule has 0 radical (unpaired) electrons. The molecule has 1 aromatic heterocycles. The maximum Gasteiger partial charge on any atom is 0.356 e. The van der Waals surface area contributed by atoms with Gasteiger partial charge in [0.1, 0.15) is 11.5 Å². The van der Waals surface area contributed by atoms with Gasteiger partial charge in [-0.05, 0) is 22.0 Å². The van der Waals surface area contributed by atoms with E-state index >= 15 is 0 Å². The zero-order valence-corrected chi connectivity index (χ0v) is 12.2. The summed E-state index contributed by atoms with van der Waals surface area (Å²) in [4.78, 5) is 11.2. The fourth-order valence-electron chi connectivity index (χ4n) is 2.28. The molecule has 0 bridgehead atoms. The average Bonchev–Trinajstić information content (AvgIpc) is 2.82. The Kier molecular flexibility index (Phi) is 3.50. The van der Waals surface area contributed by atoms with Gasteiger partial charge in [0.25, 0.3) is 0 Å². The molecule has 0 fully saturated rings. The zero-order valence-electron chi connectivity index (χ0n) is 10.6. The molecule has 0 spiro atoms. The van der Waals surface area contributed by atoms with Crippen molar-refractivity contribution in [3.05, 3.63) is 45.2 Å². The van der Waals surface area contributed by atoms with Crippen molar-refractivity contribution in [2.45, 2.75) is 13.0 Å². The lowest BCUT2D eigenvalue weighted by Crippen LogP contribution is -2.14. The van der Waals surface area contributed by atoms with Gasteiger partial charge in [0.05, 0.1) is 23.4 Å². The quantitative estimate of drug-likeness (QED) is 0.838. The first-order valence-corrected chi connectivity index (χ1v) is 6.85. The van der Waals surface area contributed by atoms with Crippen molar-refractivity contribution in [3.63, 3.8) is 0 Å². The van der Waals surface area contributed by atoms with Crippen molar-refractivity contribution in [2.75, 3.05) is 6.61 Å². The van der Waals surface area contributed by atoms with E-state index < -0.39 is 17.6 Å². The molecule has 1 aliphatic rings. The average molecular weight is 359 g/mol. The van der Waals surface area contributed by atoms with Crippen molar-refractivity contribution in [1.82, 2.24) is 9.78 Å². The maximum atomic E-state index is 14.0. The third kappa shape index (κ3) is 2.34. The van der Waals surface area contributed by atoms with Gasteiger partial charge in [-0.25, -0.2) is 18.3 Å². The van der Waals surface area contributed by atoms with Crippen molar-refractivity contribution in [2.24, 2.45) is 0 Å².